The lowest BCUT2D eigenvalue weighted by Gasteiger charge is -2.34. The van der Waals surface area contributed by atoms with E-state index >= 15 is 0 Å². The topological polar surface area (TPSA) is 64.6 Å². The average Bonchev–Trinajstić information content (AvgIpc) is 2.68. The molecule has 0 spiro atoms. The Labute approximate surface area is 181 Å². The van der Waals surface area contributed by atoms with Crippen molar-refractivity contribution in [3.8, 4) is 0 Å². The smallest absolute Gasteiger partial charge is 0.223 e. The van der Waals surface area contributed by atoms with Crippen molar-refractivity contribution in [1.82, 2.24) is 15.5 Å². The SMILES string of the molecule is C[C@H]1C[C@@H](C(=O)NCC2CCN(CC(O)c3ccccc3)CC2)CCN1.Cl.Cl. The molecule has 1 unspecified atom stereocenters. The van der Waals surface area contributed by atoms with Crippen LogP contribution in [0.5, 0.6) is 0 Å². The quantitative estimate of drug-likeness (QED) is 0.647. The normalized spacial score (nSPS) is 24.5. The Morgan fingerprint density at radius 3 is 2.54 bits per heavy atom. The molecular formula is C21H35Cl2N3O2. The van der Waals surface area contributed by atoms with Crippen molar-refractivity contribution in [2.45, 2.75) is 44.8 Å². The molecule has 2 saturated heterocycles. The maximum absolute atomic E-state index is 12.4. The number of nitrogens with one attached hydrogen (secondary N) is 2. The molecule has 0 bridgehead atoms. The highest BCUT2D eigenvalue weighted by molar-refractivity contribution is 5.85. The van der Waals surface area contributed by atoms with Crippen LogP contribution in [0.3, 0.4) is 0 Å². The van der Waals surface area contributed by atoms with Gasteiger partial charge < -0.3 is 20.6 Å². The number of nitrogens with zero attached hydrogens (tertiary/aromatic N) is 1. The molecule has 0 radical (unpaired) electrons. The van der Waals surface area contributed by atoms with Gasteiger partial charge in [0.1, 0.15) is 0 Å². The third kappa shape index (κ3) is 7.53. The van der Waals surface area contributed by atoms with Crippen LogP contribution in [-0.2, 0) is 4.79 Å². The molecule has 2 fully saturated rings. The van der Waals surface area contributed by atoms with Gasteiger partial charge in [-0.05, 0) is 63.7 Å². The Morgan fingerprint density at radius 1 is 1.21 bits per heavy atom. The van der Waals surface area contributed by atoms with Crippen LogP contribution in [0.15, 0.2) is 30.3 Å². The second-order valence-electron chi connectivity index (χ2n) is 7.99. The minimum absolute atomic E-state index is 0. The number of piperidine rings is 2. The molecule has 7 heteroatoms. The monoisotopic (exact) mass is 431 g/mol. The van der Waals surface area contributed by atoms with E-state index in [1.54, 1.807) is 0 Å². The first-order chi connectivity index (χ1) is 12.6. The number of amides is 1. The summed E-state index contributed by atoms with van der Waals surface area (Å²) in [4.78, 5) is 14.7. The number of halogens is 2. The fourth-order valence-electron chi connectivity index (χ4n) is 4.16. The maximum Gasteiger partial charge on any atom is 0.223 e. The van der Waals surface area contributed by atoms with Gasteiger partial charge in [0.25, 0.3) is 0 Å². The molecule has 1 aromatic rings. The van der Waals surface area contributed by atoms with E-state index in [0.29, 0.717) is 18.5 Å². The third-order valence-electron chi connectivity index (χ3n) is 5.88. The van der Waals surface area contributed by atoms with E-state index in [-0.39, 0.29) is 36.6 Å². The number of aliphatic hydroxyl groups excluding tert-OH is 1. The first-order valence-corrected chi connectivity index (χ1v) is 10.1. The number of rotatable bonds is 6. The number of hydrogen-bond donors (Lipinski definition) is 3. The summed E-state index contributed by atoms with van der Waals surface area (Å²) in [7, 11) is 0. The van der Waals surface area contributed by atoms with Gasteiger partial charge in [0.2, 0.25) is 5.91 Å². The first-order valence-electron chi connectivity index (χ1n) is 10.1. The van der Waals surface area contributed by atoms with Crippen molar-refractivity contribution in [3.05, 3.63) is 35.9 Å². The van der Waals surface area contributed by atoms with Gasteiger partial charge in [-0.15, -0.1) is 24.8 Å². The molecule has 3 atom stereocenters. The van der Waals surface area contributed by atoms with Gasteiger partial charge in [0.15, 0.2) is 0 Å². The summed E-state index contributed by atoms with van der Waals surface area (Å²) in [5.74, 6) is 0.968. The van der Waals surface area contributed by atoms with E-state index in [1.165, 1.54) is 0 Å². The minimum Gasteiger partial charge on any atom is -0.387 e. The zero-order valence-corrected chi connectivity index (χ0v) is 18.3. The third-order valence-corrected chi connectivity index (χ3v) is 5.88. The lowest BCUT2D eigenvalue weighted by molar-refractivity contribution is -0.126. The molecule has 0 aromatic heterocycles. The van der Waals surface area contributed by atoms with Crippen molar-refractivity contribution >= 4 is 30.7 Å². The molecule has 3 N–H and O–H groups in total. The van der Waals surface area contributed by atoms with Crippen molar-refractivity contribution in [2.24, 2.45) is 11.8 Å². The summed E-state index contributed by atoms with van der Waals surface area (Å²) in [5.41, 5.74) is 0.984. The second-order valence-corrected chi connectivity index (χ2v) is 7.99. The molecular weight excluding hydrogens is 397 g/mol. The molecule has 3 rings (SSSR count). The van der Waals surface area contributed by atoms with Gasteiger partial charge in [-0.25, -0.2) is 0 Å². The van der Waals surface area contributed by atoms with Crippen LogP contribution in [0, 0.1) is 11.8 Å². The predicted octanol–water partition coefficient (Wildman–Crippen LogP) is 2.78. The number of hydrogen-bond acceptors (Lipinski definition) is 4. The van der Waals surface area contributed by atoms with Crippen LogP contribution in [0.1, 0.15) is 44.3 Å². The van der Waals surface area contributed by atoms with Gasteiger partial charge in [0, 0.05) is 25.0 Å². The lowest BCUT2D eigenvalue weighted by atomic mass is 9.91. The maximum atomic E-state index is 12.4. The largest absolute Gasteiger partial charge is 0.387 e. The Morgan fingerprint density at radius 2 is 1.89 bits per heavy atom. The van der Waals surface area contributed by atoms with Gasteiger partial charge in [-0.3, -0.25) is 4.79 Å². The van der Waals surface area contributed by atoms with Crippen molar-refractivity contribution in [3.63, 3.8) is 0 Å². The summed E-state index contributed by atoms with van der Waals surface area (Å²) < 4.78 is 0. The summed E-state index contributed by atoms with van der Waals surface area (Å²) in [6, 6.07) is 10.3. The molecule has 2 aliphatic rings. The second kappa shape index (κ2) is 12.7. The Bertz CT molecular complexity index is 568. The van der Waals surface area contributed by atoms with Crippen LogP contribution >= 0.6 is 24.8 Å². The van der Waals surface area contributed by atoms with Crippen molar-refractivity contribution in [2.75, 3.05) is 32.7 Å². The van der Waals surface area contributed by atoms with E-state index < -0.39 is 6.10 Å². The average molecular weight is 432 g/mol. The van der Waals surface area contributed by atoms with E-state index in [2.05, 4.69) is 22.5 Å². The zero-order chi connectivity index (χ0) is 18.4. The standard InChI is InChI=1S/C21H33N3O2.2ClH/c1-16-13-19(7-10-22-16)21(26)23-14-17-8-11-24(12-9-17)15-20(25)18-5-3-2-4-6-18;;/h2-6,16-17,19-20,22,25H,7-15H2,1H3,(H,23,26);2*1H/t16-,19-,20?;;/m0../s1. The predicted molar refractivity (Wildman–Crippen MR) is 118 cm³/mol. The van der Waals surface area contributed by atoms with Crippen molar-refractivity contribution < 1.29 is 9.90 Å². The highest BCUT2D eigenvalue weighted by Gasteiger charge is 2.26. The zero-order valence-electron chi connectivity index (χ0n) is 16.7. The van der Waals surface area contributed by atoms with Gasteiger partial charge in [-0.1, -0.05) is 30.3 Å². The fraction of sp³-hybridized carbons (Fsp3) is 0.667. The highest BCUT2D eigenvalue weighted by atomic mass is 35.5. The van der Waals surface area contributed by atoms with Crippen LogP contribution in [0.4, 0.5) is 0 Å². The minimum atomic E-state index is -0.422. The van der Waals surface area contributed by atoms with Crippen LogP contribution in [0.25, 0.3) is 0 Å². The fourth-order valence-corrected chi connectivity index (χ4v) is 4.16. The Hall–Kier alpha value is -0.850. The van der Waals surface area contributed by atoms with Crippen LogP contribution in [0.2, 0.25) is 0 Å². The van der Waals surface area contributed by atoms with Crippen molar-refractivity contribution in [1.29, 1.82) is 0 Å². The number of aliphatic hydroxyl groups is 1. The number of benzene rings is 1. The number of β-amino-alcohol motifs (C(OH)–C–C–N with tert-alkyl or cyclic N) is 1. The molecule has 2 aliphatic heterocycles. The number of carbonyl (C=O) groups is 1. The summed E-state index contributed by atoms with van der Waals surface area (Å²) in [6.45, 7) is 6.58. The summed E-state index contributed by atoms with van der Waals surface area (Å²) in [5, 5.41) is 17.0. The molecule has 28 heavy (non-hydrogen) atoms. The van der Waals surface area contributed by atoms with E-state index in [1.807, 2.05) is 30.3 Å². The Balaban J connectivity index is 0.00000196. The number of carbonyl (C=O) groups excluding carboxylic acids is 1. The van der Waals surface area contributed by atoms with E-state index in [0.717, 1.165) is 57.4 Å². The van der Waals surface area contributed by atoms with Crippen LogP contribution in [-0.4, -0.2) is 54.7 Å². The van der Waals surface area contributed by atoms with Gasteiger partial charge in [-0.2, -0.15) is 0 Å². The Kier molecular flexibility index (Phi) is 11.4. The van der Waals surface area contributed by atoms with E-state index in [4.69, 9.17) is 0 Å². The molecule has 5 nitrogen and oxygen atoms in total. The van der Waals surface area contributed by atoms with E-state index in [9.17, 15) is 9.90 Å². The summed E-state index contributed by atoms with van der Waals surface area (Å²) in [6.07, 6.45) is 3.65. The van der Waals surface area contributed by atoms with Gasteiger partial charge in [0.05, 0.1) is 6.10 Å². The molecule has 2 heterocycles. The van der Waals surface area contributed by atoms with Gasteiger partial charge >= 0.3 is 0 Å². The summed E-state index contributed by atoms with van der Waals surface area (Å²) >= 11 is 0. The first kappa shape index (κ1) is 25.2. The molecule has 0 aliphatic carbocycles. The molecule has 1 aromatic carbocycles. The molecule has 0 saturated carbocycles. The lowest BCUT2D eigenvalue weighted by Crippen LogP contribution is -2.44. The highest BCUT2D eigenvalue weighted by Crippen LogP contribution is 2.21. The molecule has 1 amide bonds. The molecule has 160 valence electrons. The number of likely N-dealkylation sites (tertiary alicyclic amines) is 1. The van der Waals surface area contributed by atoms with Crippen LogP contribution < -0.4 is 10.6 Å².